The van der Waals surface area contributed by atoms with E-state index >= 15 is 0 Å². The van der Waals surface area contributed by atoms with Gasteiger partial charge in [0.1, 0.15) is 7.85 Å². The first kappa shape index (κ1) is 11.8. The van der Waals surface area contributed by atoms with Gasteiger partial charge in [-0.1, -0.05) is 11.5 Å². The number of imide groups is 1. The Morgan fingerprint density at radius 2 is 2.16 bits per heavy atom. The van der Waals surface area contributed by atoms with Crippen LogP contribution in [0, 0.1) is 0 Å². The van der Waals surface area contributed by atoms with E-state index in [0.29, 0.717) is 17.8 Å². The molecule has 1 aromatic carbocycles. The van der Waals surface area contributed by atoms with Gasteiger partial charge in [-0.3, -0.25) is 19.7 Å². The molecule has 19 heavy (non-hydrogen) atoms. The molecular formula is C12H11BN4O2. The number of fused-ring (bicyclic) bond motifs is 1. The van der Waals surface area contributed by atoms with E-state index in [2.05, 4.69) is 10.4 Å². The first-order valence-corrected chi connectivity index (χ1v) is 5.90. The van der Waals surface area contributed by atoms with E-state index in [1.54, 1.807) is 23.9 Å². The van der Waals surface area contributed by atoms with E-state index in [1.807, 2.05) is 6.07 Å². The van der Waals surface area contributed by atoms with Gasteiger partial charge >= 0.3 is 6.03 Å². The first-order chi connectivity index (χ1) is 9.06. The Labute approximate surface area is 110 Å². The highest BCUT2D eigenvalue weighted by Gasteiger charge is 2.27. The van der Waals surface area contributed by atoms with Gasteiger partial charge in [0.15, 0.2) is 5.82 Å². The monoisotopic (exact) mass is 254 g/mol. The molecule has 1 aliphatic rings. The van der Waals surface area contributed by atoms with Crippen molar-refractivity contribution in [2.24, 2.45) is 7.05 Å². The van der Waals surface area contributed by atoms with Crippen LogP contribution in [0.25, 0.3) is 10.9 Å². The maximum atomic E-state index is 11.8. The second kappa shape index (κ2) is 4.12. The Bertz CT molecular complexity index is 694. The number of amides is 3. The van der Waals surface area contributed by atoms with E-state index in [4.69, 9.17) is 7.85 Å². The van der Waals surface area contributed by atoms with Crippen molar-refractivity contribution in [1.82, 2.24) is 15.1 Å². The number of nitrogens with one attached hydrogen (secondary N) is 1. The molecule has 3 rings (SSSR count). The molecule has 2 heterocycles. The maximum Gasteiger partial charge on any atom is 0.329 e. The van der Waals surface area contributed by atoms with Crippen molar-refractivity contribution in [2.45, 2.75) is 6.42 Å². The largest absolute Gasteiger partial charge is 0.329 e. The summed E-state index contributed by atoms with van der Waals surface area (Å²) in [7, 11) is 7.54. The molecule has 2 aromatic rings. The molecule has 1 aliphatic heterocycles. The number of anilines is 1. The van der Waals surface area contributed by atoms with E-state index in [9.17, 15) is 9.59 Å². The molecule has 1 fully saturated rings. The van der Waals surface area contributed by atoms with E-state index < -0.39 is 6.03 Å². The zero-order chi connectivity index (χ0) is 13.6. The third kappa shape index (κ3) is 1.87. The summed E-state index contributed by atoms with van der Waals surface area (Å²) < 4.78 is 1.67. The lowest BCUT2D eigenvalue weighted by atomic mass is 9.95. The number of carbonyl (C=O) groups excluding carboxylic acids is 2. The van der Waals surface area contributed by atoms with Crippen molar-refractivity contribution in [3.63, 3.8) is 0 Å². The topological polar surface area (TPSA) is 67.2 Å². The second-order valence-electron chi connectivity index (χ2n) is 4.48. The molecule has 94 valence electrons. The fourth-order valence-corrected chi connectivity index (χ4v) is 2.22. The molecule has 1 aromatic heterocycles. The van der Waals surface area contributed by atoms with Crippen molar-refractivity contribution >= 4 is 42.0 Å². The van der Waals surface area contributed by atoms with Crippen LogP contribution in [0.2, 0.25) is 0 Å². The highest BCUT2D eigenvalue weighted by atomic mass is 16.2. The summed E-state index contributed by atoms with van der Waals surface area (Å²) in [5.74, 6) is 0.285. The van der Waals surface area contributed by atoms with Crippen LogP contribution < -0.4 is 15.7 Å². The van der Waals surface area contributed by atoms with Crippen LogP contribution in [-0.4, -0.2) is 36.1 Å². The van der Waals surface area contributed by atoms with Crippen molar-refractivity contribution in [3.05, 3.63) is 18.2 Å². The predicted molar refractivity (Wildman–Crippen MR) is 71.6 cm³/mol. The van der Waals surface area contributed by atoms with Crippen molar-refractivity contribution in [2.75, 3.05) is 11.4 Å². The van der Waals surface area contributed by atoms with Gasteiger partial charge in [0.05, 0.1) is 5.52 Å². The third-order valence-electron chi connectivity index (χ3n) is 3.17. The van der Waals surface area contributed by atoms with Crippen molar-refractivity contribution < 1.29 is 9.59 Å². The molecule has 7 heteroatoms. The van der Waals surface area contributed by atoms with Crippen LogP contribution in [-0.2, 0) is 11.8 Å². The summed E-state index contributed by atoms with van der Waals surface area (Å²) in [5.41, 5.74) is 1.49. The number of benzene rings is 1. The predicted octanol–water partition coefficient (Wildman–Crippen LogP) is -0.187. The molecule has 3 amide bonds. The molecule has 0 aliphatic carbocycles. The minimum absolute atomic E-state index is 0.259. The summed E-state index contributed by atoms with van der Waals surface area (Å²) in [6, 6.07) is 4.96. The van der Waals surface area contributed by atoms with Crippen LogP contribution in [0.15, 0.2) is 18.2 Å². The molecule has 0 unspecified atom stereocenters. The van der Waals surface area contributed by atoms with Crippen LogP contribution in [0.3, 0.4) is 0 Å². The van der Waals surface area contributed by atoms with Crippen LogP contribution >= 0.6 is 0 Å². The van der Waals surface area contributed by atoms with Gasteiger partial charge in [-0.05, 0) is 12.1 Å². The number of aromatic nitrogens is 2. The molecule has 1 N–H and O–H groups in total. The number of aryl methyl sites for hydroxylation is 1. The van der Waals surface area contributed by atoms with Gasteiger partial charge < -0.3 is 0 Å². The Hall–Kier alpha value is -2.31. The Morgan fingerprint density at radius 1 is 1.37 bits per heavy atom. The number of urea groups is 1. The molecular weight excluding hydrogens is 243 g/mol. The zero-order valence-electron chi connectivity index (χ0n) is 10.4. The molecule has 0 atom stereocenters. The summed E-state index contributed by atoms with van der Waals surface area (Å²) in [5, 5.41) is 7.47. The van der Waals surface area contributed by atoms with E-state index in [1.165, 1.54) is 4.90 Å². The first-order valence-electron chi connectivity index (χ1n) is 5.90. The minimum Gasteiger partial charge on any atom is -0.278 e. The quantitative estimate of drug-likeness (QED) is 0.717. The summed E-state index contributed by atoms with van der Waals surface area (Å²) in [6.45, 7) is 0.334. The van der Waals surface area contributed by atoms with Gasteiger partial charge in [0.2, 0.25) is 5.91 Å². The minimum atomic E-state index is -0.437. The lowest BCUT2D eigenvalue weighted by Crippen LogP contribution is -2.49. The lowest BCUT2D eigenvalue weighted by molar-refractivity contribution is -0.120. The molecule has 0 saturated carbocycles. The van der Waals surface area contributed by atoms with Crippen LogP contribution in [0.4, 0.5) is 10.6 Å². The molecule has 2 radical (unpaired) electrons. The molecule has 1 saturated heterocycles. The Kier molecular flexibility index (Phi) is 2.55. The van der Waals surface area contributed by atoms with Gasteiger partial charge in [-0.15, -0.1) is 0 Å². The number of carbonyl (C=O) groups is 2. The fraction of sp³-hybridized carbons (Fsp3) is 0.250. The standard InChI is InChI=1S/C12H11BN4O2/c1-16-9-6-7(13)2-3-8(9)11(15-16)17-5-4-10(18)14-12(17)19/h2-3,6H,4-5H2,1H3,(H,14,18,19). The number of rotatable bonds is 1. The third-order valence-corrected chi connectivity index (χ3v) is 3.17. The summed E-state index contributed by atoms with van der Waals surface area (Å²) >= 11 is 0. The fourth-order valence-electron chi connectivity index (χ4n) is 2.22. The lowest BCUT2D eigenvalue weighted by Gasteiger charge is -2.24. The van der Waals surface area contributed by atoms with Gasteiger partial charge in [0.25, 0.3) is 0 Å². The van der Waals surface area contributed by atoms with Crippen molar-refractivity contribution in [1.29, 1.82) is 0 Å². The van der Waals surface area contributed by atoms with Gasteiger partial charge in [-0.2, -0.15) is 5.10 Å². The number of hydrogen-bond donors (Lipinski definition) is 1. The number of hydrogen-bond acceptors (Lipinski definition) is 3. The van der Waals surface area contributed by atoms with Crippen LogP contribution in [0.1, 0.15) is 6.42 Å². The second-order valence-corrected chi connectivity index (χ2v) is 4.48. The summed E-state index contributed by atoms with van der Waals surface area (Å²) in [4.78, 5) is 24.5. The maximum absolute atomic E-state index is 11.8. The SMILES string of the molecule is [B]c1ccc2c(N3CCC(=O)NC3=O)nn(C)c2c1. The average molecular weight is 254 g/mol. The highest BCUT2D eigenvalue weighted by Crippen LogP contribution is 2.25. The van der Waals surface area contributed by atoms with Crippen molar-refractivity contribution in [3.8, 4) is 0 Å². The van der Waals surface area contributed by atoms with Gasteiger partial charge in [0, 0.05) is 25.4 Å². The highest BCUT2D eigenvalue weighted by molar-refractivity contribution is 6.33. The normalized spacial score (nSPS) is 15.9. The molecule has 0 bridgehead atoms. The molecule has 0 spiro atoms. The number of nitrogens with zero attached hydrogens (tertiary/aromatic N) is 3. The zero-order valence-corrected chi connectivity index (χ0v) is 10.4. The molecule has 6 nitrogen and oxygen atoms in total. The smallest absolute Gasteiger partial charge is 0.278 e. The van der Waals surface area contributed by atoms with E-state index in [-0.39, 0.29) is 12.3 Å². The average Bonchev–Trinajstić information content (AvgIpc) is 2.66. The van der Waals surface area contributed by atoms with Crippen LogP contribution in [0.5, 0.6) is 0 Å². The Balaban J connectivity index is 2.10. The van der Waals surface area contributed by atoms with Gasteiger partial charge in [-0.25, -0.2) is 4.79 Å². The van der Waals surface area contributed by atoms with E-state index in [0.717, 1.165) is 10.9 Å². The Morgan fingerprint density at radius 3 is 2.89 bits per heavy atom. The summed E-state index contributed by atoms with van der Waals surface area (Å²) in [6.07, 6.45) is 0.277.